The summed E-state index contributed by atoms with van der Waals surface area (Å²) in [6.07, 6.45) is 2.33. The zero-order valence-corrected chi connectivity index (χ0v) is 11.7. The number of hydrogen-bond acceptors (Lipinski definition) is 2. The van der Waals surface area contributed by atoms with Gasteiger partial charge in [0.05, 0.1) is 11.0 Å². The Bertz CT molecular complexity index is 661. The topological polar surface area (TPSA) is 41.0 Å². The Labute approximate surface area is 117 Å². The van der Waals surface area contributed by atoms with Gasteiger partial charge in [-0.3, -0.25) is 4.57 Å². The summed E-state index contributed by atoms with van der Waals surface area (Å²) in [6.45, 7) is 6.13. The molecule has 4 nitrogen and oxygen atoms in total. The minimum absolute atomic E-state index is 0.140. The average molecular weight is 277 g/mol. The van der Waals surface area contributed by atoms with E-state index in [9.17, 15) is 9.18 Å². The minimum atomic E-state index is -0.319. The van der Waals surface area contributed by atoms with E-state index in [4.69, 9.17) is 0 Å². The molecule has 1 aliphatic heterocycles. The number of H-pyrrole nitrogens is 1. The molecule has 0 aliphatic carbocycles. The number of likely N-dealkylation sites (tertiary alicyclic amines) is 1. The van der Waals surface area contributed by atoms with Crippen LogP contribution in [0.5, 0.6) is 0 Å². The summed E-state index contributed by atoms with van der Waals surface area (Å²) in [7, 11) is 0. The number of nitrogens with one attached hydrogen (secondary N) is 1. The van der Waals surface area contributed by atoms with E-state index in [2.05, 4.69) is 16.8 Å². The lowest BCUT2D eigenvalue weighted by molar-refractivity contribution is 0.170. The molecule has 0 radical (unpaired) electrons. The zero-order valence-electron chi connectivity index (χ0n) is 11.7. The number of halogens is 1. The first-order valence-corrected chi connectivity index (χ1v) is 7.28. The van der Waals surface area contributed by atoms with Crippen molar-refractivity contribution in [3.05, 3.63) is 34.5 Å². The van der Waals surface area contributed by atoms with Gasteiger partial charge < -0.3 is 9.88 Å². The summed E-state index contributed by atoms with van der Waals surface area (Å²) >= 11 is 0. The lowest BCUT2D eigenvalue weighted by Crippen LogP contribution is -2.37. The van der Waals surface area contributed by atoms with Crippen LogP contribution in [0, 0.1) is 11.7 Å². The van der Waals surface area contributed by atoms with Crippen LogP contribution in [-0.2, 0) is 6.54 Å². The fraction of sp³-hybridized carbons (Fsp3) is 0.533. The summed E-state index contributed by atoms with van der Waals surface area (Å²) in [5.74, 6) is 0.172. The molecule has 1 saturated heterocycles. The molecule has 0 bridgehead atoms. The van der Waals surface area contributed by atoms with Gasteiger partial charge in [-0.1, -0.05) is 6.92 Å². The van der Waals surface area contributed by atoms with Crippen LogP contribution in [0.3, 0.4) is 0 Å². The predicted molar refractivity (Wildman–Crippen MR) is 77.4 cm³/mol. The van der Waals surface area contributed by atoms with Gasteiger partial charge in [-0.05, 0) is 50.0 Å². The van der Waals surface area contributed by atoms with Gasteiger partial charge in [0.2, 0.25) is 0 Å². The molecular weight excluding hydrogens is 257 g/mol. The van der Waals surface area contributed by atoms with Crippen molar-refractivity contribution < 1.29 is 4.39 Å². The summed E-state index contributed by atoms with van der Waals surface area (Å²) in [6, 6.07) is 4.47. The molecule has 1 aromatic carbocycles. The van der Waals surface area contributed by atoms with Crippen LogP contribution < -0.4 is 5.69 Å². The second kappa shape index (κ2) is 5.40. The number of hydrogen-bond donors (Lipinski definition) is 1. The quantitative estimate of drug-likeness (QED) is 0.934. The van der Waals surface area contributed by atoms with Crippen LogP contribution in [-0.4, -0.2) is 34.1 Å². The average Bonchev–Trinajstić information content (AvgIpc) is 2.74. The maximum absolute atomic E-state index is 13.2. The highest BCUT2D eigenvalue weighted by Gasteiger charge is 2.20. The lowest BCUT2D eigenvalue weighted by atomic mass is 9.98. The molecule has 1 unspecified atom stereocenters. The SMILES string of the molecule is CCN1CCCC(Cn2c(=O)[nH]c3cc(F)ccc32)C1. The van der Waals surface area contributed by atoms with Crippen molar-refractivity contribution in [2.45, 2.75) is 26.3 Å². The Morgan fingerprint density at radius 3 is 3.10 bits per heavy atom. The molecule has 1 N–H and O–H groups in total. The van der Waals surface area contributed by atoms with Gasteiger partial charge in [0.25, 0.3) is 0 Å². The predicted octanol–water partition coefficient (Wildman–Crippen LogP) is 2.20. The first kappa shape index (κ1) is 13.4. The highest BCUT2D eigenvalue weighted by molar-refractivity contribution is 5.75. The van der Waals surface area contributed by atoms with E-state index < -0.39 is 0 Å². The van der Waals surface area contributed by atoms with Gasteiger partial charge in [-0.25, -0.2) is 9.18 Å². The second-order valence-corrected chi connectivity index (χ2v) is 5.60. The van der Waals surface area contributed by atoms with Crippen LogP contribution in [0.1, 0.15) is 19.8 Å². The molecule has 0 saturated carbocycles. The van der Waals surface area contributed by atoms with E-state index in [-0.39, 0.29) is 11.5 Å². The minimum Gasteiger partial charge on any atom is -0.305 e. The van der Waals surface area contributed by atoms with Gasteiger partial charge in [0.1, 0.15) is 5.82 Å². The van der Waals surface area contributed by atoms with Gasteiger partial charge in [0, 0.05) is 13.1 Å². The normalized spacial score (nSPS) is 20.6. The molecule has 1 aromatic heterocycles. The first-order valence-electron chi connectivity index (χ1n) is 7.28. The smallest absolute Gasteiger partial charge is 0.305 e. The first-order chi connectivity index (χ1) is 9.67. The monoisotopic (exact) mass is 277 g/mol. The highest BCUT2D eigenvalue weighted by atomic mass is 19.1. The Balaban J connectivity index is 1.87. The molecule has 0 amide bonds. The van der Waals surface area contributed by atoms with Gasteiger partial charge >= 0.3 is 5.69 Å². The molecule has 2 aromatic rings. The number of aromatic amines is 1. The van der Waals surface area contributed by atoms with Gasteiger partial charge in [-0.2, -0.15) is 0 Å². The maximum atomic E-state index is 13.2. The Kier molecular flexibility index (Phi) is 3.61. The van der Waals surface area contributed by atoms with E-state index in [0.29, 0.717) is 18.0 Å². The molecule has 1 atom stereocenters. The third-order valence-electron chi connectivity index (χ3n) is 4.23. The number of benzene rings is 1. The molecule has 2 heterocycles. The number of rotatable bonds is 3. The van der Waals surface area contributed by atoms with Crippen molar-refractivity contribution in [3.63, 3.8) is 0 Å². The largest absolute Gasteiger partial charge is 0.326 e. The van der Waals surface area contributed by atoms with E-state index in [1.54, 1.807) is 10.6 Å². The number of nitrogens with zero attached hydrogens (tertiary/aromatic N) is 2. The van der Waals surface area contributed by atoms with Gasteiger partial charge in [-0.15, -0.1) is 0 Å². The number of piperidine rings is 1. The molecular formula is C15H20FN3O. The van der Waals surface area contributed by atoms with E-state index in [1.807, 2.05) is 0 Å². The fourth-order valence-electron chi connectivity index (χ4n) is 3.16. The van der Waals surface area contributed by atoms with Crippen LogP contribution >= 0.6 is 0 Å². The fourth-order valence-corrected chi connectivity index (χ4v) is 3.16. The molecule has 1 fully saturated rings. The Morgan fingerprint density at radius 2 is 2.30 bits per heavy atom. The molecule has 1 aliphatic rings. The van der Waals surface area contributed by atoms with E-state index in [1.165, 1.54) is 18.6 Å². The van der Waals surface area contributed by atoms with Crippen LogP contribution in [0.15, 0.2) is 23.0 Å². The highest BCUT2D eigenvalue weighted by Crippen LogP contribution is 2.20. The van der Waals surface area contributed by atoms with Crippen molar-refractivity contribution in [2.75, 3.05) is 19.6 Å². The van der Waals surface area contributed by atoms with Gasteiger partial charge in [0.15, 0.2) is 0 Å². The third kappa shape index (κ3) is 2.50. The standard InChI is InChI=1S/C15H20FN3O/c1-2-18-7-3-4-11(9-18)10-19-14-6-5-12(16)8-13(14)17-15(19)20/h5-6,8,11H,2-4,7,9-10H2,1H3,(H,17,20). The van der Waals surface area contributed by atoms with E-state index >= 15 is 0 Å². The van der Waals surface area contributed by atoms with Crippen molar-refractivity contribution >= 4 is 11.0 Å². The van der Waals surface area contributed by atoms with Crippen LogP contribution in [0.2, 0.25) is 0 Å². The number of aromatic nitrogens is 2. The summed E-state index contributed by atoms with van der Waals surface area (Å²) in [5, 5.41) is 0. The Hall–Kier alpha value is -1.62. The Morgan fingerprint density at radius 1 is 1.45 bits per heavy atom. The van der Waals surface area contributed by atoms with Crippen LogP contribution in [0.4, 0.5) is 4.39 Å². The van der Waals surface area contributed by atoms with Crippen molar-refractivity contribution in [1.29, 1.82) is 0 Å². The number of fused-ring (bicyclic) bond motifs is 1. The molecule has 108 valence electrons. The third-order valence-corrected chi connectivity index (χ3v) is 4.23. The second-order valence-electron chi connectivity index (χ2n) is 5.60. The van der Waals surface area contributed by atoms with Crippen molar-refractivity contribution in [2.24, 2.45) is 5.92 Å². The summed E-state index contributed by atoms with van der Waals surface area (Å²) < 4.78 is 14.9. The number of imidazole rings is 1. The summed E-state index contributed by atoms with van der Waals surface area (Å²) in [4.78, 5) is 17.2. The van der Waals surface area contributed by atoms with E-state index in [0.717, 1.165) is 31.6 Å². The van der Waals surface area contributed by atoms with Crippen molar-refractivity contribution in [1.82, 2.24) is 14.5 Å². The summed E-state index contributed by atoms with van der Waals surface area (Å²) in [5.41, 5.74) is 1.24. The van der Waals surface area contributed by atoms with Crippen molar-refractivity contribution in [3.8, 4) is 0 Å². The molecule has 3 rings (SSSR count). The molecule has 20 heavy (non-hydrogen) atoms. The zero-order chi connectivity index (χ0) is 14.1. The maximum Gasteiger partial charge on any atom is 0.326 e. The molecule has 5 heteroatoms. The molecule has 0 spiro atoms. The van der Waals surface area contributed by atoms with Crippen LogP contribution in [0.25, 0.3) is 11.0 Å². The lowest BCUT2D eigenvalue weighted by Gasteiger charge is -2.31.